The molecule has 2 N–H and O–H groups in total. The summed E-state index contributed by atoms with van der Waals surface area (Å²) in [5, 5.41) is 12.5. The van der Waals surface area contributed by atoms with E-state index in [4.69, 9.17) is 9.84 Å². The molecule has 1 saturated carbocycles. The highest BCUT2D eigenvalue weighted by Gasteiger charge is 2.48. The fraction of sp³-hybridized carbons (Fsp3) is 0.562. The predicted molar refractivity (Wildman–Crippen MR) is 79.4 cm³/mol. The van der Waals surface area contributed by atoms with E-state index in [0.29, 0.717) is 11.6 Å². The molecule has 0 radical (unpaired) electrons. The molecular weight excluding hydrogens is 254 g/mol. The van der Waals surface area contributed by atoms with Crippen LogP contribution in [0.25, 0.3) is 0 Å². The van der Waals surface area contributed by atoms with Crippen LogP contribution in [0.4, 0.5) is 5.69 Å². The van der Waals surface area contributed by atoms with Crippen LogP contribution in [0.2, 0.25) is 0 Å². The number of nitrogens with one attached hydrogen (secondary N) is 1. The van der Waals surface area contributed by atoms with Gasteiger partial charge in [-0.05, 0) is 38.0 Å². The number of benzene rings is 1. The van der Waals surface area contributed by atoms with E-state index in [1.54, 1.807) is 12.1 Å². The van der Waals surface area contributed by atoms with Crippen molar-refractivity contribution in [3.8, 4) is 0 Å². The van der Waals surface area contributed by atoms with Crippen LogP contribution in [-0.2, 0) is 4.74 Å². The molecule has 110 valence electrons. The van der Waals surface area contributed by atoms with Gasteiger partial charge < -0.3 is 15.2 Å². The monoisotopic (exact) mass is 277 g/mol. The minimum absolute atomic E-state index is 0.0572. The summed E-state index contributed by atoms with van der Waals surface area (Å²) in [6.07, 6.45) is 1.23. The quantitative estimate of drug-likeness (QED) is 0.867. The van der Waals surface area contributed by atoms with Gasteiger partial charge in [0.25, 0.3) is 0 Å². The van der Waals surface area contributed by atoms with Gasteiger partial charge in [0, 0.05) is 23.8 Å². The van der Waals surface area contributed by atoms with Gasteiger partial charge in [0.05, 0.1) is 11.7 Å². The molecule has 0 bridgehead atoms. The number of aryl methyl sites for hydroxylation is 1. The van der Waals surface area contributed by atoms with E-state index in [9.17, 15) is 4.79 Å². The molecule has 2 rings (SSSR count). The van der Waals surface area contributed by atoms with Crippen LogP contribution in [0.5, 0.6) is 0 Å². The smallest absolute Gasteiger partial charge is 0.335 e. The maximum absolute atomic E-state index is 11.1. The Morgan fingerprint density at radius 2 is 2.20 bits per heavy atom. The highest BCUT2D eigenvalue weighted by molar-refractivity contribution is 5.89. The summed E-state index contributed by atoms with van der Waals surface area (Å²) < 4.78 is 5.72. The highest BCUT2D eigenvalue weighted by atomic mass is 16.5. The average Bonchev–Trinajstić information content (AvgIpc) is 2.39. The lowest BCUT2D eigenvalue weighted by molar-refractivity contribution is -0.0976. The lowest BCUT2D eigenvalue weighted by Gasteiger charge is -2.52. The number of carboxylic acid groups (broad SMARTS) is 1. The Hall–Kier alpha value is -1.55. The second-order valence-electron chi connectivity index (χ2n) is 6.03. The summed E-state index contributed by atoms with van der Waals surface area (Å²) in [5.41, 5.74) is 2.34. The molecule has 0 aromatic heterocycles. The predicted octanol–water partition coefficient (Wildman–Crippen LogP) is 3.31. The van der Waals surface area contributed by atoms with Crippen LogP contribution < -0.4 is 5.32 Å². The van der Waals surface area contributed by atoms with Crippen LogP contribution in [0.1, 0.15) is 43.1 Å². The van der Waals surface area contributed by atoms with Crippen LogP contribution in [0, 0.1) is 12.3 Å². The minimum Gasteiger partial charge on any atom is -0.478 e. The van der Waals surface area contributed by atoms with E-state index in [-0.39, 0.29) is 11.5 Å². The molecule has 1 aromatic carbocycles. The van der Waals surface area contributed by atoms with Gasteiger partial charge in [-0.25, -0.2) is 4.79 Å². The topological polar surface area (TPSA) is 58.6 Å². The standard InChI is InChI=1S/C16H23NO3/c1-5-20-14-9-13(16(14,3)4)17-12-8-11(15(18)19)7-6-10(12)2/h6-8,13-14,17H,5,9H2,1-4H3,(H,18,19). The van der Waals surface area contributed by atoms with E-state index in [1.165, 1.54) is 0 Å². The molecular formula is C16H23NO3. The zero-order valence-corrected chi connectivity index (χ0v) is 12.6. The first-order valence-electron chi connectivity index (χ1n) is 7.08. The Balaban J connectivity index is 2.12. The van der Waals surface area contributed by atoms with Crippen molar-refractivity contribution in [2.75, 3.05) is 11.9 Å². The lowest BCUT2D eigenvalue weighted by Crippen LogP contribution is -2.58. The average molecular weight is 277 g/mol. The number of carbonyl (C=O) groups is 1. The first-order valence-corrected chi connectivity index (χ1v) is 7.08. The molecule has 0 spiro atoms. The summed E-state index contributed by atoms with van der Waals surface area (Å²) >= 11 is 0. The molecule has 4 nitrogen and oxygen atoms in total. The maximum Gasteiger partial charge on any atom is 0.335 e. The number of anilines is 1. The molecule has 2 atom stereocenters. The van der Waals surface area contributed by atoms with Gasteiger partial charge in [-0.15, -0.1) is 0 Å². The highest BCUT2D eigenvalue weighted by Crippen LogP contribution is 2.44. The SMILES string of the molecule is CCOC1CC(Nc2cc(C(=O)O)ccc2C)C1(C)C. The number of carboxylic acids is 1. The molecule has 0 heterocycles. The summed E-state index contributed by atoms with van der Waals surface area (Å²) in [7, 11) is 0. The second-order valence-corrected chi connectivity index (χ2v) is 6.03. The molecule has 0 saturated heterocycles. The first-order chi connectivity index (χ1) is 9.36. The van der Waals surface area contributed by atoms with Crippen molar-refractivity contribution < 1.29 is 14.6 Å². The van der Waals surface area contributed by atoms with Crippen LogP contribution in [-0.4, -0.2) is 29.8 Å². The number of hydrogen-bond donors (Lipinski definition) is 2. The third kappa shape index (κ3) is 2.66. The number of aromatic carboxylic acids is 1. The van der Waals surface area contributed by atoms with Crippen molar-refractivity contribution >= 4 is 11.7 Å². The summed E-state index contributed by atoms with van der Waals surface area (Å²) in [4.78, 5) is 11.1. The summed E-state index contributed by atoms with van der Waals surface area (Å²) in [6.45, 7) is 9.10. The van der Waals surface area contributed by atoms with Gasteiger partial charge in [0.15, 0.2) is 0 Å². The van der Waals surface area contributed by atoms with E-state index in [0.717, 1.165) is 24.3 Å². The maximum atomic E-state index is 11.1. The number of rotatable bonds is 5. The molecule has 1 aliphatic carbocycles. The van der Waals surface area contributed by atoms with E-state index in [1.807, 2.05) is 19.9 Å². The van der Waals surface area contributed by atoms with Crippen LogP contribution >= 0.6 is 0 Å². The summed E-state index contributed by atoms with van der Waals surface area (Å²) in [5.74, 6) is -0.895. The Kier molecular flexibility index (Phi) is 4.04. The molecule has 1 aromatic rings. The molecule has 1 aliphatic rings. The number of hydrogen-bond acceptors (Lipinski definition) is 3. The molecule has 0 amide bonds. The van der Waals surface area contributed by atoms with Gasteiger partial charge in [-0.2, -0.15) is 0 Å². The normalized spacial score (nSPS) is 24.0. The minimum atomic E-state index is -0.895. The van der Waals surface area contributed by atoms with Gasteiger partial charge in [-0.1, -0.05) is 19.9 Å². The van der Waals surface area contributed by atoms with E-state index >= 15 is 0 Å². The zero-order valence-electron chi connectivity index (χ0n) is 12.6. The van der Waals surface area contributed by atoms with Crippen molar-refractivity contribution in [2.45, 2.75) is 46.3 Å². The molecule has 20 heavy (non-hydrogen) atoms. The van der Waals surface area contributed by atoms with Crippen LogP contribution in [0.15, 0.2) is 18.2 Å². The Bertz CT molecular complexity index is 510. The Morgan fingerprint density at radius 3 is 2.75 bits per heavy atom. The zero-order chi connectivity index (χ0) is 14.9. The first kappa shape index (κ1) is 14.9. The van der Waals surface area contributed by atoms with Crippen molar-refractivity contribution in [1.29, 1.82) is 0 Å². The van der Waals surface area contributed by atoms with Gasteiger partial charge >= 0.3 is 5.97 Å². The third-order valence-corrected chi connectivity index (χ3v) is 4.36. The van der Waals surface area contributed by atoms with Crippen molar-refractivity contribution in [3.05, 3.63) is 29.3 Å². The Labute approximate surface area is 120 Å². The van der Waals surface area contributed by atoms with Gasteiger partial charge in [-0.3, -0.25) is 0 Å². The Morgan fingerprint density at radius 1 is 1.50 bits per heavy atom. The van der Waals surface area contributed by atoms with Crippen molar-refractivity contribution in [2.24, 2.45) is 5.41 Å². The molecule has 1 fully saturated rings. The van der Waals surface area contributed by atoms with E-state index in [2.05, 4.69) is 19.2 Å². The van der Waals surface area contributed by atoms with Crippen molar-refractivity contribution in [1.82, 2.24) is 0 Å². The fourth-order valence-electron chi connectivity index (χ4n) is 2.71. The van der Waals surface area contributed by atoms with E-state index < -0.39 is 5.97 Å². The van der Waals surface area contributed by atoms with Gasteiger partial charge in [0.2, 0.25) is 0 Å². The van der Waals surface area contributed by atoms with Gasteiger partial charge in [0.1, 0.15) is 0 Å². The lowest BCUT2D eigenvalue weighted by atomic mass is 9.64. The van der Waals surface area contributed by atoms with Crippen LogP contribution in [0.3, 0.4) is 0 Å². The largest absolute Gasteiger partial charge is 0.478 e. The molecule has 4 heteroatoms. The number of ether oxygens (including phenoxy) is 1. The fourth-order valence-corrected chi connectivity index (χ4v) is 2.71. The van der Waals surface area contributed by atoms with Crippen molar-refractivity contribution in [3.63, 3.8) is 0 Å². The molecule has 2 unspecified atom stereocenters. The summed E-state index contributed by atoms with van der Waals surface area (Å²) in [6, 6.07) is 5.50. The third-order valence-electron chi connectivity index (χ3n) is 4.36. The second kappa shape index (κ2) is 5.44. The molecule has 0 aliphatic heterocycles.